The van der Waals surface area contributed by atoms with E-state index in [9.17, 15) is 24.4 Å². The molecule has 1 aromatic heterocycles. The third-order valence-electron chi connectivity index (χ3n) is 14.1. The molecule has 3 fully saturated rings. The standard InChI is InChI=1S/C38H50N4O5/c1-33(2)11-13-38(32(46)42-25(31(45)47-8)15-23-20-40-21-41-23)14-12-37(7)29(24(38)18-33)26(43)16-28-35(5)17-22(19-39)30(44)34(3,4)27(35)9-10-36(28,37)6/h16-17,20-21,24-25,27,29H,9-15,18H2,1-8H3,(H,40,41)(H,42,46)/t24-,25-,27-,29-,35-,36+,37+,38-/m0/s1. The van der Waals surface area contributed by atoms with Crippen LogP contribution in [0.15, 0.2) is 35.8 Å². The van der Waals surface area contributed by atoms with E-state index in [-0.39, 0.29) is 58.1 Å². The van der Waals surface area contributed by atoms with Crippen molar-refractivity contribution in [3.63, 3.8) is 0 Å². The monoisotopic (exact) mass is 642 g/mol. The van der Waals surface area contributed by atoms with Gasteiger partial charge in [-0.15, -0.1) is 0 Å². The predicted molar refractivity (Wildman–Crippen MR) is 175 cm³/mol. The fourth-order valence-corrected chi connectivity index (χ4v) is 11.3. The summed E-state index contributed by atoms with van der Waals surface area (Å²) in [6.45, 7) is 15.0. The molecule has 5 aliphatic rings. The fraction of sp³-hybridized carbons (Fsp3) is 0.684. The number of hydrogen-bond acceptors (Lipinski definition) is 7. The van der Waals surface area contributed by atoms with Gasteiger partial charge in [-0.25, -0.2) is 9.78 Å². The summed E-state index contributed by atoms with van der Waals surface area (Å²) in [6.07, 6.45) is 12.3. The number of carbonyl (C=O) groups excluding carboxylic acids is 4. The van der Waals surface area contributed by atoms with Gasteiger partial charge in [-0.1, -0.05) is 60.1 Å². The zero-order chi connectivity index (χ0) is 34.4. The van der Waals surface area contributed by atoms with Gasteiger partial charge in [0.25, 0.3) is 0 Å². The zero-order valence-corrected chi connectivity index (χ0v) is 29.2. The van der Waals surface area contributed by atoms with E-state index in [1.54, 1.807) is 12.5 Å². The molecule has 0 aromatic carbocycles. The lowest BCUT2D eigenvalue weighted by Gasteiger charge is -2.69. The van der Waals surface area contributed by atoms with Gasteiger partial charge >= 0.3 is 5.97 Å². The number of fused-ring (bicyclic) bond motifs is 7. The summed E-state index contributed by atoms with van der Waals surface area (Å²) in [4.78, 5) is 62.8. The first-order chi connectivity index (χ1) is 21.9. The highest BCUT2D eigenvalue weighted by Crippen LogP contribution is 2.74. The molecule has 3 saturated carbocycles. The van der Waals surface area contributed by atoms with E-state index >= 15 is 0 Å². The second-order valence-corrected chi connectivity index (χ2v) is 17.2. The van der Waals surface area contributed by atoms with E-state index in [1.165, 1.54) is 7.11 Å². The average molecular weight is 643 g/mol. The number of rotatable bonds is 5. The van der Waals surface area contributed by atoms with Crippen LogP contribution >= 0.6 is 0 Å². The number of allylic oxidation sites excluding steroid dienone is 4. The van der Waals surface area contributed by atoms with Gasteiger partial charge in [0.15, 0.2) is 11.6 Å². The molecule has 0 bridgehead atoms. The summed E-state index contributed by atoms with van der Waals surface area (Å²) in [5.41, 5.74) is -1.07. The molecule has 9 nitrogen and oxygen atoms in total. The van der Waals surface area contributed by atoms with Crippen LogP contribution in [0.1, 0.15) is 99.1 Å². The second-order valence-electron chi connectivity index (χ2n) is 17.2. The molecular weight excluding hydrogens is 592 g/mol. The Morgan fingerprint density at radius 2 is 1.79 bits per heavy atom. The Hall–Kier alpha value is -3.54. The van der Waals surface area contributed by atoms with Gasteiger partial charge in [0.2, 0.25) is 5.91 Å². The minimum Gasteiger partial charge on any atom is -0.467 e. The number of ether oxygens (including phenoxy) is 1. The number of aromatic amines is 1. The summed E-state index contributed by atoms with van der Waals surface area (Å²) >= 11 is 0. The first-order valence-corrected chi connectivity index (χ1v) is 17.2. The van der Waals surface area contributed by atoms with Crippen LogP contribution in [-0.4, -0.2) is 46.6 Å². The van der Waals surface area contributed by atoms with Crippen LogP contribution in [0.2, 0.25) is 0 Å². The summed E-state index contributed by atoms with van der Waals surface area (Å²) < 4.78 is 5.10. The predicted octanol–water partition coefficient (Wildman–Crippen LogP) is 5.83. The van der Waals surface area contributed by atoms with E-state index in [2.05, 4.69) is 56.0 Å². The minimum atomic E-state index is -0.883. The van der Waals surface area contributed by atoms with E-state index in [0.717, 1.165) is 31.3 Å². The molecule has 1 amide bonds. The molecule has 47 heavy (non-hydrogen) atoms. The lowest BCUT2D eigenvalue weighted by atomic mass is 9.34. The maximum atomic E-state index is 14.8. The Labute approximate surface area is 278 Å². The van der Waals surface area contributed by atoms with E-state index in [4.69, 9.17) is 4.74 Å². The number of nitriles is 1. The van der Waals surface area contributed by atoms with Crippen molar-refractivity contribution in [2.45, 2.75) is 106 Å². The summed E-state index contributed by atoms with van der Waals surface area (Å²) in [5.74, 6) is -1.38. The number of H-pyrrole nitrogens is 1. The molecule has 5 aliphatic carbocycles. The smallest absolute Gasteiger partial charge is 0.328 e. The highest BCUT2D eigenvalue weighted by molar-refractivity contribution is 6.04. The van der Waals surface area contributed by atoms with Gasteiger partial charge in [0, 0.05) is 35.1 Å². The Morgan fingerprint density at radius 3 is 2.43 bits per heavy atom. The molecular formula is C38H50N4O5. The normalized spacial score (nSPS) is 39.0. The first-order valence-electron chi connectivity index (χ1n) is 17.2. The number of esters is 1. The molecule has 0 radical (unpaired) electrons. The largest absolute Gasteiger partial charge is 0.467 e. The Kier molecular flexibility index (Phi) is 7.62. The Bertz CT molecular complexity index is 1630. The first kappa shape index (κ1) is 33.4. The second kappa shape index (κ2) is 10.7. The fourth-order valence-electron chi connectivity index (χ4n) is 11.3. The zero-order valence-electron chi connectivity index (χ0n) is 29.2. The van der Waals surface area contributed by atoms with Crippen LogP contribution in [0.3, 0.4) is 0 Å². The average Bonchev–Trinajstić information content (AvgIpc) is 3.52. The number of carbonyl (C=O) groups is 4. The quantitative estimate of drug-likeness (QED) is 0.385. The highest BCUT2D eigenvalue weighted by Gasteiger charge is 2.71. The molecule has 2 N–H and O–H groups in total. The summed E-state index contributed by atoms with van der Waals surface area (Å²) in [5, 5.41) is 13.1. The Morgan fingerprint density at radius 1 is 1.09 bits per heavy atom. The topological polar surface area (TPSA) is 142 Å². The molecule has 9 heteroatoms. The van der Waals surface area contributed by atoms with Gasteiger partial charge in [-0.05, 0) is 79.1 Å². The molecule has 0 spiro atoms. The minimum absolute atomic E-state index is 0.0286. The number of methoxy groups -OCH3 is 1. The van der Waals surface area contributed by atoms with Crippen LogP contribution in [0, 0.1) is 61.6 Å². The number of nitrogens with one attached hydrogen (secondary N) is 2. The molecule has 6 rings (SSSR count). The van der Waals surface area contributed by atoms with Crippen molar-refractivity contribution >= 4 is 23.4 Å². The van der Waals surface area contributed by atoms with Crippen molar-refractivity contribution in [3.8, 4) is 6.07 Å². The lowest BCUT2D eigenvalue weighted by molar-refractivity contribution is -0.179. The van der Waals surface area contributed by atoms with Crippen molar-refractivity contribution in [1.29, 1.82) is 5.26 Å². The number of imidazole rings is 1. The summed E-state index contributed by atoms with van der Waals surface area (Å²) in [6, 6.07) is 1.29. The van der Waals surface area contributed by atoms with Crippen molar-refractivity contribution in [2.24, 2.45) is 50.2 Å². The Balaban J connectivity index is 1.43. The van der Waals surface area contributed by atoms with Gasteiger partial charge in [-0.3, -0.25) is 14.4 Å². The number of aromatic nitrogens is 2. The van der Waals surface area contributed by atoms with Gasteiger partial charge in [-0.2, -0.15) is 5.26 Å². The molecule has 0 aliphatic heterocycles. The van der Waals surface area contributed by atoms with Crippen LogP contribution in [0.4, 0.5) is 0 Å². The third-order valence-corrected chi connectivity index (χ3v) is 14.1. The maximum absolute atomic E-state index is 14.8. The van der Waals surface area contributed by atoms with Crippen LogP contribution in [-0.2, 0) is 30.3 Å². The van der Waals surface area contributed by atoms with Crippen molar-refractivity contribution in [2.75, 3.05) is 7.11 Å². The van der Waals surface area contributed by atoms with E-state index in [1.807, 2.05) is 26.0 Å². The lowest BCUT2D eigenvalue weighted by Crippen LogP contribution is -2.67. The van der Waals surface area contributed by atoms with Crippen molar-refractivity contribution in [1.82, 2.24) is 15.3 Å². The number of ketones is 2. The number of hydrogen-bond donors (Lipinski definition) is 2. The molecule has 0 unspecified atom stereocenters. The number of nitrogens with zero attached hydrogens (tertiary/aromatic N) is 2. The molecule has 1 aromatic rings. The third kappa shape index (κ3) is 4.63. The highest BCUT2D eigenvalue weighted by atomic mass is 16.5. The van der Waals surface area contributed by atoms with Crippen molar-refractivity contribution in [3.05, 3.63) is 41.5 Å². The number of Topliss-reactive ketones (excluding diaryl/α,β-unsaturated/α-hetero) is 1. The van der Waals surface area contributed by atoms with E-state index < -0.39 is 33.7 Å². The molecule has 1 heterocycles. The molecule has 252 valence electrons. The van der Waals surface area contributed by atoms with Crippen LogP contribution < -0.4 is 5.32 Å². The SMILES string of the molecule is COC(=O)[C@H](Cc1cnc[nH]1)NC(=O)[C@]12CCC(C)(C)C[C@H]1[C@H]1C(=O)C=C3[C@@]4(C)C=C(C#N)C(=O)C(C)(C)[C@@H]4CC[C@@]3(C)[C@]1(C)CC2. The van der Waals surface area contributed by atoms with Crippen LogP contribution in [0.25, 0.3) is 0 Å². The van der Waals surface area contributed by atoms with Crippen molar-refractivity contribution < 1.29 is 23.9 Å². The maximum Gasteiger partial charge on any atom is 0.328 e. The van der Waals surface area contributed by atoms with Gasteiger partial charge in [0.05, 0.1) is 24.4 Å². The van der Waals surface area contributed by atoms with E-state index in [0.29, 0.717) is 25.0 Å². The number of amides is 1. The van der Waals surface area contributed by atoms with Gasteiger partial charge in [0.1, 0.15) is 12.1 Å². The summed E-state index contributed by atoms with van der Waals surface area (Å²) in [7, 11) is 1.32. The molecule has 8 atom stereocenters. The van der Waals surface area contributed by atoms with Gasteiger partial charge < -0.3 is 15.0 Å². The molecule has 0 saturated heterocycles. The van der Waals surface area contributed by atoms with Crippen LogP contribution in [0.5, 0.6) is 0 Å².